The van der Waals surface area contributed by atoms with E-state index in [-0.39, 0.29) is 0 Å². The van der Waals surface area contributed by atoms with E-state index in [1.54, 1.807) is 12.4 Å². The summed E-state index contributed by atoms with van der Waals surface area (Å²) in [7, 11) is 0. The van der Waals surface area contributed by atoms with Gasteiger partial charge in [-0.05, 0) is 92.7 Å². The van der Waals surface area contributed by atoms with Crippen molar-refractivity contribution in [1.29, 1.82) is 0 Å². The normalized spacial score (nSPS) is 11.3. The van der Waals surface area contributed by atoms with Gasteiger partial charge in [-0.25, -0.2) is 19.9 Å². The molecule has 0 radical (unpaired) electrons. The second-order valence-electron chi connectivity index (χ2n) is 17.2. The lowest BCUT2D eigenvalue weighted by Crippen LogP contribution is -1.97. The van der Waals surface area contributed by atoms with E-state index in [1.165, 1.54) is 11.1 Å². The number of hydrogen-bond acceptors (Lipinski definition) is 6. The molecule has 10 aromatic rings. The molecule has 0 unspecified atom stereocenters. The molecule has 0 atom stereocenters. The standard InChI is InChI=1S/C60H48N6/c1-39(2)41-11-31-51(32-12-41)59-63-55(37-57(65-59)53-9-5-7-35-61-53)49-27-23-47(24-28-49)45-19-15-43(16-20-45)44-17-21-46(22-18-44)48-25-29-50(30-26-48)56-38-58(54-10-6-8-36-62-54)66-60(64-56)52-33-13-42(14-34-52)40(3)4/h5-40H,1-4H3. The second-order valence-corrected chi connectivity index (χ2v) is 17.2. The first kappa shape index (κ1) is 41.8. The summed E-state index contributed by atoms with van der Waals surface area (Å²) in [5.74, 6) is 2.27. The van der Waals surface area contributed by atoms with Crippen LogP contribution in [0.4, 0.5) is 0 Å². The molecule has 0 fully saturated rings. The highest BCUT2D eigenvalue weighted by atomic mass is 14.9. The maximum absolute atomic E-state index is 5.05. The Bertz CT molecular complexity index is 3000. The topological polar surface area (TPSA) is 77.3 Å². The van der Waals surface area contributed by atoms with Crippen molar-refractivity contribution in [3.8, 4) is 101 Å². The minimum atomic E-state index is 0.452. The number of benzene rings is 6. The summed E-state index contributed by atoms with van der Waals surface area (Å²) in [4.78, 5) is 29.2. The Morgan fingerprint density at radius 3 is 0.803 bits per heavy atom. The third kappa shape index (κ3) is 9.08. The highest BCUT2D eigenvalue weighted by Gasteiger charge is 2.15. The molecular formula is C60H48N6. The summed E-state index contributed by atoms with van der Waals surface area (Å²) in [6.45, 7) is 8.81. The minimum absolute atomic E-state index is 0.452. The van der Waals surface area contributed by atoms with Crippen molar-refractivity contribution >= 4 is 0 Å². The van der Waals surface area contributed by atoms with Crippen LogP contribution in [0.3, 0.4) is 0 Å². The van der Waals surface area contributed by atoms with Crippen molar-refractivity contribution < 1.29 is 0 Å². The Labute approximate surface area is 386 Å². The van der Waals surface area contributed by atoms with Gasteiger partial charge in [0.15, 0.2) is 11.6 Å². The van der Waals surface area contributed by atoms with Gasteiger partial charge < -0.3 is 0 Å². The predicted octanol–water partition coefficient (Wildman–Crippen LogP) is 15.3. The van der Waals surface area contributed by atoms with Gasteiger partial charge in [-0.2, -0.15) is 0 Å². The Morgan fingerprint density at radius 2 is 0.530 bits per heavy atom. The molecule has 6 heteroatoms. The van der Waals surface area contributed by atoms with Crippen LogP contribution in [0.25, 0.3) is 101 Å². The fraction of sp³-hybridized carbons (Fsp3) is 0.100. The highest BCUT2D eigenvalue weighted by Crippen LogP contribution is 2.33. The maximum Gasteiger partial charge on any atom is 0.160 e. The first-order valence-electron chi connectivity index (χ1n) is 22.5. The largest absolute Gasteiger partial charge is 0.255 e. The van der Waals surface area contributed by atoms with E-state index in [4.69, 9.17) is 19.9 Å². The van der Waals surface area contributed by atoms with Gasteiger partial charge in [0.05, 0.1) is 34.2 Å². The van der Waals surface area contributed by atoms with E-state index >= 15 is 0 Å². The lowest BCUT2D eigenvalue weighted by atomic mass is 9.97. The van der Waals surface area contributed by atoms with Crippen LogP contribution in [-0.2, 0) is 0 Å². The molecule has 10 rings (SSSR count). The van der Waals surface area contributed by atoms with Gasteiger partial charge in [0.2, 0.25) is 0 Å². The van der Waals surface area contributed by atoms with Gasteiger partial charge in [0.1, 0.15) is 0 Å². The van der Waals surface area contributed by atoms with Crippen molar-refractivity contribution in [1.82, 2.24) is 29.9 Å². The van der Waals surface area contributed by atoms with Gasteiger partial charge in [0.25, 0.3) is 0 Å². The Kier molecular flexibility index (Phi) is 11.7. The summed E-state index contributed by atoms with van der Waals surface area (Å²) < 4.78 is 0. The first-order valence-corrected chi connectivity index (χ1v) is 22.5. The van der Waals surface area contributed by atoms with E-state index in [0.717, 1.165) is 89.8 Å². The molecule has 6 nitrogen and oxygen atoms in total. The monoisotopic (exact) mass is 852 g/mol. The van der Waals surface area contributed by atoms with Gasteiger partial charge in [0, 0.05) is 34.6 Å². The molecule has 66 heavy (non-hydrogen) atoms. The van der Waals surface area contributed by atoms with Crippen LogP contribution in [0.5, 0.6) is 0 Å². The molecule has 0 spiro atoms. The fourth-order valence-corrected chi connectivity index (χ4v) is 8.15. The Morgan fingerprint density at radius 1 is 0.258 bits per heavy atom. The summed E-state index contributed by atoms with van der Waals surface area (Å²) >= 11 is 0. The molecule has 4 heterocycles. The Hall–Kier alpha value is -8.22. The van der Waals surface area contributed by atoms with Gasteiger partial charge in [-0.1, -0.05) is 185 Å². The van der Waals surface area contributed by atoms with Crippen LogP contribution in [0.2, 0.25) is 0 Å². The molecule has 0 bridgehead atoms. The number of pyridine rings is 2. The van der Waals surface area contributed by atoms with E-state index < -0.39 is 0 Å². The molecule has 0 saturated carbocycles. The minimum Gasteiger partial charge on any atom is -0.255 e. The summed E-state index contributed by atoms with van der Waals surface area (Å²) in [6, 6.07) is 67.7. The molecular weight excluding hydrogens is 805 g/mol. The summed E-state index contributed by atoms with van der Waals surface area (Å²) in [5, 5.41) is 0. The third-order valence-electron chi connectivity index (χ3n) is 12.1. The van der Waals surface area contributed by atoms with E-state index in [9.17, 15) is 0 Å². The van der Waals surface area contributed by atoms with E-state index in [0.29, 0.717) is 23.5 Å². The molecule has 0 aliphatic rings. The van der Waals surface area contributed by atoms with E-state index in [2.05, 4.69) is 183 Å². The lowest BCUT2D eigenvalue weighted by Gasteiger charge is -2.11. The summed E-state index contributed by atoms with van der Waals surface area (Å²) in [5.41, 5.74) is 18.4. The number of nitrogens with zero attached hydrogens (tertiary/aromatic N) is 6. The first-order chi connectivity index (χ1) is 32.3. The molecule has 6 aromatic carbocycles. The average molecular weight is 853 g/mol. The van der Waals surface area contributed by atoms with Crippen molar-refractivity contribution in [2.75, 3.05) is 0 Å². The molecule has 0 saturated heterocycles. The van der Waals surface area contributed by atoms with Crippen molar-refractivity contribution in [3.05, 3.63) is 218 Å². The third-order valence-corrected chi connectivity index (χ3v) is 12.1. The van der Waals surface area contributed by atoms with Crippen LogP contribution >= 0.6 is 0 Å². The zero-order valence-electron chi connectivity index (χ0n) is 37.5. The fourth-order valence-electron chi connectivity index (χ4n) is 8.15. The zero-order valence-corrected chi connectivity index (χ0v) is 37.5. The van der Waals surface area contributed by atoms with Crippen LogP contribution in [0, 0.1) is 0 Å². The number of hydrogen-bond donors (Lipinski definition) is 0. The zero-order chi connectivity index (χ0) is 45.0. The molecule has 0 N–H and O–H groups in total. The van der Waals surface area contributed by atoms with Crippen LogP contribution in [0.1, 0.15) is 50.7 Å². The maximum atomic E-state index is 5.05. The van der Waals surface area contributed by atoms with Gasteiger partial charge in [-0.3, -0.25) is 9.97 Å². The van der Waals surface area contributed by atoms with Crippen LogP contribution in [0.15, 0.2) is 207 Å². The highest BCUT2D eigenvalue weighted by molar-refractivity contribution is 5.78. The number of rotatable bonds is 11. The van der Waals surface area contributed by atoms with Crippen LogP contribution < -0.4 is 0 Å². The SMILES string of the molecule is CC(C)c1ccc(-c2nc(-c3ccc(-c4ccc(-c5ccc(-c6ccc(-c7cc(-c8ccccn8)nc(-c8ccc(C(C)C)cc8)n7)cc6)cc5)cc4)cc3)cc(-c3ccccn3)n2)cc1. The summed E-state index contributed by atoms with van der Waals surface area (Å²) in [6.07, 6.45) is 3.60. The van der Waals surface area contributed by atoms with E-state index in [1.807, 2.05) is 48.5 Å². The predicted molar refractivity (Wildman–Crippen MR) is 270 cm³/mol. The molecule has 0 aliphatic carbocycles. The molecule has 0 aliphatic heterocycles. The molecule has 318 valence electrons. The quantitative estimate of drug-likeness (QED) is 0.129. The van der Waals surface area contributed by atoms with Crippen molar-refractivity contribution in [2.24, 2.45) is 0 Å². The van der Waals surface area contributed by atoms with Crippen molar-refractivity contribution in [3.63, 3.8) is 0 Å². The Balaban J connectivity index is 0.856. The lowest BCUT2D eigenvalue weighted by molar-refractivity contribution is 0.867. The van der Waals surface area contributed by atoms with Gasteiger partial charge in [-0.15, -0.1) is 0 Å². The van der Waals surface area contributed by atoms with Crippen molar-refractivity contribution in [2.45, 2.75) is 39.5 Å². The molecule has 0 amide bonds. The van der Waals surface area contributed by atoms with Crippen LogP contribution in [-0.4, -0.2) is 29.9 Å². The average Bonchev–Trinajstić information content (AvgIpc) is 3.39. The second kappa shape index (κ2) is 18.5. The van der Waals surface area contributed by atoms with Gasteiger partial charge >= 0.3 is 0 Å². The molecule has 4 aromatic heterocycles. The number of aromatic nitrogens is 6. The smallest absolute Gasteiger partial charge is 0.160 e.